The van der Waals surface area contributed by atoms with Gasteiger partial charge in [-0.05, 0) is 31.9 Å². The Balaban J connectivity index is 0.000000360. The summed E-state index contributed by atoms with van der Waals surface area (Å²) < 4.78 is 31.2. The first-order valence-corrected chi connectivity index (χ1v) is 7.11. The highest BCUT2D eigenvalue weighted by molar-refractivity contribution is 7.85. The van der Waals surface area contributed by atoms with Crippen LogP contribution in [0, 0.1) is 6.92 Å². The fraction of sp³-hybridized carbons (Fsp3) is 0.385. The molecule has 1 aromatic carbocycles. The fourth-order valence-corrected chi connectivity index (χ4v) is 1.53. The topological polar surface area (TPSA) is 77.4 Å². The number of aliphatic hydroxyl groups is 1. The molecule has 1 rings (SSSR count). The summed E-state index contributed by atoms with van der Waals surface area (Å²) >= 11 is 0. The molecular formula is C13H19O4S-. The van der Waals surface area contributed by atoms with Gasteiger partial charge in [-0.3, -0.25) is 0 Å². The third-order valence-corrected chi connectivity index (χ3v) is 2.86. The van der Waals surface area contributed by atoms with Crippen LogP contribution in [0.1, 0.15) is 25.3 Å². The average Bonchev–Trinajstić information content (AvgIpc) is 2.30. The monoisotopic (exact) mass is 271 g/mol. The van der Waals surface area contributed by atoms with Crippen LogP contribution >= 0.6 is 0 Å². The Hall–Kier alpha value is -1.17. The fourth-order valence-electron chi connectivity index (χ4n) is 1.06. The van der Waals surface area contributed by atoms with E-state index in [1.807, 2.05) is 13.0 Å². The third kappa shape index (κ3) is 8.00. The van der Waals surface area contributed by atoms with E-state index in [0.29, 0.717) is 0 Å². The molecule has 0 fully saturated rings. The molecule has 0 bridgehead atoms. The quantitative estimate of drug-likeness (QED) is 0.673. The third-order valence-electron chi connectivity index (χ3n) is 2.01. The van der Waals surface area contributed by atoms with Crippen LogP contribution in [0.4, 0.5) is 0 Å². The summed E-state index contributed by atoms with van der Waals surface area (Å²) in [4.78, 5) is -0.178. The zero-order chi connectivity index (χ0) is 14.0. The second-order valence-corrected chi connectivity index (χ2v) is 5.04. The zero-order valence-electron chi connectivity index (χ0n) is 10.7. The van der Waals surface area contributed by atoms with Crippen LogP contribution in [-0.2, 0) is 10.1 Å². The second kappa shape index (κ2) is 8.85. The van der Waals surface area contributed by atoms with Crippen molar-refractivity contribution in [2.45, 2.75) is 31.6 Å². The molecule has 0 radical (unpaired) electrons. The summed E-state index contributed by atoms with van der Waals surface area (Å²) in [5.74, 6) is 0. The molecule has 1 N–H and O–H groups in total. The van der Waals surface area contributed by atoms with Gasteiger partial charge in [0.2, 0.25) is 0 Å². The first-order chi connectivity index (χ1) is 8.41. The Morgan fingerprint density at radius 1 is 1.22 bits per heavy atom. The van der Waals surface area contributed by atoms with Crippen LogP contribution < -0.4 is 0 Å². The molecule has 0 saturated heterocycles. The zero-order valence-corrected chi connectivity index (χ0v) is 11.5. The number of benzene rings is 1. The number of rotatable bonds is 4. The smallest absolute Gasteiger partial charge is 0.124 e. The molecule has 0 unspecified atom stereocenters. The van der Waals surface area contributed by atoms with E-state index in [9.17, 15) is 13.0 Å². The molecule has 18 heavy (non-hydrogen) atoms. The Morgan fingerprint density at radius 2 is 1.78 bits per heavy atom. The molecular weight excluding hydrogens is 252 g/mol. The van der Waals surface area contributed by atoms with Crippen molar-refractivity contribution in [1.82, 2.24) is 0 Å². The van der Waals surface area contributed by atoms with Crippen LogP contribution in [0.3, 0.4) is 0 Å². The Morgan fingerprint density at radius 3 is 2.17 bits per heavy atom. The van der Waals surface area contributed by atoms with Gasteiger partial charge in [-0.25, -0.2) is 8.42 Å². The van der Waals surface area contributed by atoms with E-state index in [1.54, 1.807) is 12.1 Å². The molecule has 0 aliphatic rings. The molecule has 0 aliphatic heterocycles. The van der Waals surface area contributed by atoms with E-state index in [0.717, 1.165) is 18.4 Å². The van der Waals surface area contributed by atoms with Gasteiger partial charge >= 0.3 is 0 Å². The number of aryl methyl sites for hydroxylation is 1. The summed E-state index contributed by atoms with van der Waals surface area (Å²) in [6, 6.07) is 5.78. The Kier molecular flexibility index (Phi) is 8.28. The predicted octanol–water partition coefficient (Wildman–Crippen LogP) is 2.23. The Labute approximate surface area is 109 Å². The van der Waals surface area contributed by atoms with Crippen molar-refractivity contribution >= 4 is 10.1 Å². The van der Waals surface area contributed by atoms with Gasteiger partial charge < -0.3 is 9.66 Å². The van der Waals surface area contributed by atoms with Crippen molar-refractivity contribution in [2.24, 2.45) is 0 Å². The van der Waals surface area contributed by atoms with Crippen molar-refractivity contribution in [3.05, 3.63) is 42.0 Å². The van der Waals surface area contributed by atoms with Gasteiger partial charge in [0.05, 0.1) is 4.90 Å². The van der Waals surface area contributed by atoms with Crippen LogP contribution in [0.2, 0.25) is 0 Å². The lowest BCUT2D eigenvalue weighted by molar-refractivity contribution is 0.302. The van der Waals surface area contributed by atoms with E-state index >= 15 is 0 Å². The van der Waals surface area contributed by atoms with Gasteiger partial charge in [0.1, 0.15) is 10.1 Å². The van der Waals surface area contributed by atoms with Crippen molar-refractivity contribution in [3.63, 3.8) is 0 Å². The van der Waals surface area contributed by atoms with E-state index in [2.05, 4.69) is 13.0 Å². The molecule has 0 aromatic heterocycles. The highest BCUT2D eigenvalue weighted by atomic mass is 32.2. The normalized spacial score (nSPS) is 11.1. The molecule has 0 atom stereocenters. The maximum absolute atomic E-state index is 10.4. The molecule has 102 valence electrons. The van der Waals surface area contributed by atoms with Crippen LogP contribution in [0.25, 0.3) is 0 Å². The SMILES string of the molecule is CC/C=C\CCO.Cc1ccc(S(=O)(=O)[O-])cc1. The summed E-state index contributed by atoms with van der Waals surface area (Å²) in [5, 5.41) is 8.24. The lowest BCUT2D eigenvalue weighted by atomic mass is 10.2. The summed E-state index contributed by atoms with van der Waals surface area (Å²) in [6.45, 7) is 4.17. The lowest BCUT2D eigenvalue weighted by Gasteiger charge is -2.05. The minimum atomic E-state index is -4.27. The van der Waals surface area contributed by atoms with Gasteiger partial charge in [0.15, 0.2) is 0 Å². The van der Waals surface area contributed by atoms with Gasteiger partial charge in [0.25, 0.3) is 0 Å². The number of allylic oxidation sites excluding steroid dienone is 1. The van der Waals surface area contributed by atoms with Crippen molar-refractivity contribution in [3.8, 4) is 0 Å². The van der Waals surface area contributed by atoms with E-state index in [4.69, 9.17) is 5.11 Å². The molecule has 0 amide bonds. The largest absolute Gasteiger partial charge is 0.744 e. The maximum atomic E-state index is 10.4. The van der Waals surface area contributed by atoms with E-state index in [1.165, 1.54) is 12.1 Å². The maximum Gasteiger partial charge on any atom is 0.124 e. The van der Waals surface area contributed by atoms with Crippen molar-refractivity contribution in [1.29, 1.82) is 0 Å². The molecule has 1 aromatic rings. The highest BCUT2D eigenvalue weighted by Crippen LogP contribution is 2.08. The predicted molar refractivity (Wildman–Crippen MR) is 70.3 cm³/mol. The number of hydrogen-bond donors (Lipinski definition) is 1. The highest BCUT2D eigenvalue weighted by Gasteiger charge is 1.97. The minimum Gasteiger partial charge on any atom is -0.744 e. The molecule has 0 saturated carbocycles. The summed E-state index contributed by atoms with van der Waals surface area (Å²) in [6.07, 6.45) is 5.91. The molecule has 5 heteroatoms. The number of aliphatic hydroxyl groups excluding tert-OH is 1. The van der Waals surface area contributed by atoms with Crippen molar-refractivity contribution in [2.75, 3.05) is 6.61 Å². The Bertz CT molecular complexity index is 446. The van der Waals surface area contributed by atoms with Gasteiger partial charge in [0, 0.05) is 6.61 Å². The summed E-state index contributed by atoms with van der Waals surface area (Å²) in [7, 11) is -4.27. The summed E-state index contributed by atoms with van der Waals surface area (Å²) in [5.41, 5.74) is 0.928. The molecule has 0 heterocycles. The first kappa shape index (κ1) is 16.8. The van der Waals surface area contributed by atoms with Crippen LogP contribution in [-0.4, -0.2) is 24.7 Å². The second-order valence-electron chi connectivity index (χ2n) is 3.66. The molecule has 4 nitrogen and oxygen atoms in total. The van der Waals surface area contributed by atoms with Gasteiger partial charge in [-0.1, -0.05) is 36.8 Å². The molecule has 0 aliphatic carbocycles. The van der Waals surface area contributed by atoms with Gasteiger partial charge in [-0.15, -0.1) is 0 Å². The lowest BCUT2D eigenvalue weighted by Crippen LogP contribution is -1.97. The van der Waals surface area contributed by atoms with Gasteiger partial charge in [-0.2, -0.15) is 0 Å². The van der Waals surface area contributed by atoms with Crippen molar-refractivity contribution < 1.29 is 18.1 Å². The van der Waals surface area contributed by atoms with Crippen LogP contribution in [0.5, 0.6) is 0 Å². The number of hydrogen-bond acceptors (Lipinski definition) is 4. The van der Waals surface area contributed by atoms with E-state index in [-0.39, 0.29) is 11.5 Å². The van der Waals surface area contributed by atoms with Crippen LogP contribution in [0.15, 0.2) is 41.3 Å². The van der Waals surface area contributed by atoms with E-state index < -0.39 is 10.1 Å². The molecule has 0 spiro atoms. The standard InChI is InChI=1S/C7H8O3S.C6H12O/c1-6-2-4-7(5-3-6)11(8,9)10;1-2-3-4-5-6-7/h2-5H,1H3,(H,8,9,10);3-4,7H,2,5-6H2,1H3/p-1/b;4-3-. The average molecular weight is 271 g/mol. The first-order valence-electron chi connectivity index (χ1n) is 5.70. The minimum absolute atomic E-state index is 0.178.